The van der Waals surface area contributed by atoms with Gasteiger partial charge in [-0.2, -0.15) is 4.39 Å². The SMILES string of the molecule is Fc1cc(SCc2ccccc2)sc1F. The maximum Gasteiger partial charge on any atom is 0.213 e. The highest BCUT2D eigenvalue weighted by Gasteiger charge is 2.08. The Morgan fingerprint density at radius 2 is 1.87 bits per heavy atom. The van der Waals surface area contributed by atoms with Crippen LogP contribution in [0.3, 0.4) is 0 Å². The zero-order valence-electron chi connectivity index (χ0n) is 7.74. The third kappa shape index (κ3) is 2.79. The van der Waals surface area contributed by atoms with Crippen molar-refractivity contribution in [3.05, 3.63) is 52.9 Å². The van der Waals surface area contributed by atoms with Gasteiger partial charge in [-0.1, -0.05) is 41.7 Å². The number of benzene rings is 1. The zero-order valence-corrected chi connectivity index (χ0v) is 9.38. The number of thiophene rings is 1. The van der Waals surface area contributed by atoms with E-state index < -0.39 is 10.9 Å². The van der Waals surface area contributed by atoms with E-state index in [1.54, 1.807) is 0 Å². The molecule has 2 rings (SSSR count). The van der Waals surface area contributed by atoms with Crippen molar-refractivity contribution >= 4 is 23.1 Å². The maximum atomic E-state index is 12.7. The standard InChI is InChI=1S/C11H8F2S2/c12-9-6-10(15-11(9)13)14-7-8-4-2-1-3-5-8/h1-6H,7H2. The molecule has 4 heteroatoms. The molecule has 0 saturated heterocycles. The molecule has 0 aliphatic heterocycles. The summed E-state index contributed by atoms with van der Waals surface area (Å²) in [6.07, 6.45) is 0. The van der Waals surface area contributed by atoms with Gasteiger partial charge in [-0.25, -0.2) is 4.39 Å². The highest BCUT2D eigenvalue weighted by molar-refractivity contribution is 8.00. The second-order valence-corrected chi connectivity index (χ2v) is 5.24. The molecule has 0 spiro atoms. The van der Waals surface area contributed by atoms with Gasteiger partial charge in [0.1, 0.15) is 0 Å². The molecule has 1 heterocycles. The normalized spacial score (nSPS) is 10.5. The van der Waals surface area contributed by atoms with Crippen LogP contribution in [-0.2, 0) is 5.75 Å². The molecule has 0 fully saturated rings. The molecule has 1 aromatic heterocycles. The van der Waals surface area contributed by atoms with Gasteiger partial charge in [0.15, 0.2) is 5.82 Å². The van der Waals surface area contributed by atoms with E-state index in [9.17, 15) is 8.78 Å². The average Bonchev–Trinajstić information content (AvgIpc) is 2.57. The lowest BCUT2D eigenvalue weighted by Gasteiger charge is -1.97. The summed E-state index contributed by atoms with van der Waals surface area (Å²) in [5, 5.41) is -0.731. The Hall–Kier alpha value is -0.870. The molecule has 0 saturated carbocycles. The van der Waals surface area contributed by atoms with Crippen LogP contribution in [0.4, 0.5) is 8.78 Å². The van der Waals surface area contributed by atoms with Crippen LogP contribution < -0.4 is 0 Å². The van der Waals surface area contributed by atoms with Gasteiger partial charge in [0.05, 0.1) is 4.21 Å². The summed E-state index contributed by atoms with van der Waals surface area (Å²) in [5.74, 6) is -0.0178. The van der Waals surface area contributed by atoms with Crippen LogP contribution in [0.5, 0.6) is 0 Å². The first kappa shape index (κ1) is 10.6. The summed E-state index contributed by atoms with van der Waals surface area (Å²) < 4.78 is 26.1. The Balaban J connectivity index is 1.99. The third-order valence-corrected chi connectivity index (χ3v) is 4.02. The molecular weight excluding hydrogens is 234 g/mol. The van der Waals surface area contributed by atoms with Gasteiger partial charge in [0.2, 0.25) is 5.13 Å². The van der Waals surface area contributed by atoms with E-state index in [0.29, 0.717) is 4.21 Å². The molecule has 0 radical (unpaired) electrons. The Morgan fingerprint density at radius 3 is 2.47 bits per heavy atom. The molecule has 0 aliphatic carbocycles. The fourth-order valence-electron chi connectivity index (χ4n) is 1.13. The van der Waals surface area contributed by atoms with Crippen LogP contribution in [0, 0.1) is 10.9 Å². The largest absolute Gasteiger partial charge is 0.213 e. The smallest absolute Gasteiger partial charge is 0.203 e. The molecule has 15 heavy (non-hydrogen) atoms. The third-order valence-electron chi connectivity index (χ3n) is 1.85. The van der Waals surface area contributed by atoms with E-state index in [1.165, 1.54) is 17.8 Å². The van der Waals surface area contributed by atoms with Crippen LogP contribution in [0.2, 0.25) is 0 Å². The Labute approximate surface area is 94.9 Å². The first-order valence-corrected chi connectivity index (χ1v) is 6.17. The lowest BCUT2D eigenvalue weighted by Crippen LogP contribution is -1.76. The van der Waals surface area contributed by atoms with Crippen LogP contribution >= 0.6 is 23.1 Å². The van der Waals surface area contributed by atoms with E-state index in [-0.39, 0.29) is 0 Å². The van der Waals surface area contributed by atoms with Gasteiger partial charge in [0, 0.05) is 11.8 Å². The summed E-state index contributed by atoms with van der Waals surface area (Å²) in [4.78, 5) is 0. The van der Waals surface area contributed by atoms with E-state index >= 15 is 0 Å². The highest BCUT2D eigenvalue weighted by atomic mass is 32.2. The lowest BCUT2D eigenvalue weighted by atomic mass is 10.2. The van der Waals surface area contributed by atoms with Crippen LogP contribution in [0.25, 0.3) is 0 Å². The molecular formula is C11H8F2S2. The van der Waals surface area contributed by atoms with Gasteiger partial charge in [-0.05, 0) is 5.56 Å². The average molecular weight is 242 g/mol. The minimum Gasteiger partial charge on any atom is -0.203 e. The fourth-order valence-corrected chi connectivity index (χ4v) is 2.94. The Kier molecular flexibility index (Phi) is 3.38. The van der Waals surface area contributed by atoms with E-state index in [4.69, 9.17) is 0 Å². The van der Waals surface area contributed by atoms with Gasteiger partial charge >= 0.3 is 0 Å². The minimum atomic E-state index is -0.754. The van der Waals surface area contributed by atoms with Crippen molar-refractivity contribution in [3.8, 4) is 0 Å². The molecule has 0 atom stereocenters. The van der Waals surface area contributed by atoms with Gasteiger partial charge in [-0.3, -0.25) is 0 Å². The van der Waals surface area contributed by atoms with Crippen molar-refractivity contribution in [1.29, 1.82) is 0 Å². The predicted molar refractivity (Wildman–Crippen MR) is 60.2 cm³/mol. The van der Waals surface area contributed by atoms with Crippen LogP contribution in [0.15, 0.2) is 40.6 Å². The number of hydrogen-bond donors (Lipinski definition) is 0. The molecule has 1 aromatic carbocycles. The number of rotatable bonds is 3. The van der Waals surface area contributed by atoms with Crippen molar-refractivity contribution in [1.82, 2.24) is 0 Å². The maximum absolute atomic E-state index is 12.7. The molecule has 0 amide bonds. The van der Waals surface area contributed by atoms with Gasteiger partial charge in [0.25, 0.3) is 0 Å². The lowest BCUT2D eigenvalue weighted by molar-refractivity contribution is 0.530. The van der Waals surface area contributed by atoms with Crippen LogP contribution in [0.1, 0.15) is 5.56 Å². The van der Waals surface area contributed by atoms with Crippen molar-refractivity contribution in [3.63, 3.8) is 0 Å². The predicted octanol–water partition coefficient (Wildman–Crippen LogP) is 4.32. The van der Waals surface area contributed by atoms with Crippen molar-refractivity contribution in [2.75, 3.05) is 0 Å². The molecule has 0 nitrogen and oxygen atoms in total. The zero-order chi connectivity index (χ0) is 10.7. The molecule has 78 valence electrons. The monoisotopic (exact) mass is 242 g/mol. The van der Waals surface area contributed by atoms with Crippen molar-refractivity contribution in [2.45, 2.75) is 9.96 Å². The highest BCUT2D eigenvalue weighted by Crippen LogP contribution is 2.30. The summed E-state index contributed by atoms with van der Waals surface area (Å²) >= 11 is 2.30. The quantitative estimate of drug-likeness (QED) is 0.722. The minimum absolute atomic E-state index is 0.675. The molecule has 0 bridgehead atoms. The van der Waals surface area contributed by atoms with E-state index in [0.717, 1.165) is 22.7 Å². The van der Waals surface area contributed by atoms with Crippen molar-refractivity contribution in [2.24, 2.45) is 0 Å². The summed E-state index contributed by atoms with van der Waals surface area (Å²) in [6.45, 7) is 0. The summed E-state index contributed by atoms with van der Waals surface area (Å²) in [5.41, 5.74) is 1.15. The number of thioether (sulfide) groups is 1. The number of hydrogen-bond acceptors (Lipinski definition) is 2. The molecule has 0 unspecified atom stereocenters. The fraction of sp³-hybridized carbons (Fsp3) is 0.0909. The second kappa shape index (κ2) is 4.77. The van der Waals surface area contributed by atoms with Crippen LogP contribution in [-0.4, -0.2) is 0 Å². The number of halogens is 2. The first-order valence-electron chi connectivity index (χ1n) is 4.37. The van der Waals surface area contributed by atoms with Gasteiger partial charge in [-0.15, -0.1) is 11.8 Å². The Morgan fingerprint density at radius 1 is 1.13 bits per heavy atom. The second-order valence-electron chi connectivity index (χ2n) is 2.96. The van der Waals surface area contributed by atoms with E-state index in [2.05, 4.69) is 0 Å². The summed E-state index contributed by atoms with van der Waals surface area (Å²) in [6, 6.07) is 11.1. The molecule has 0 N–H and O–H groups in total. The summed E-state index contributed by atoms with van der Waals surface area (Å²) in [7, 11) is 0. The first-order chi connectivity index (χ1) is 7.25. The topological polar surface area (TPSA) is 0 Å². The van der Waals surface area contributed by atoms with E-state index in [1.807, 2.05) is 30.3 Å². The molecule has 0 aliphatic rings. The molecule has 2 aromatic rings. The Bertz CT molecular complexity index is 418. The van der Waals surface area contributed by atoms with Crippen molar-refractivity contribution < 1.29 is 8.78 Å². The van der Waals surface area contributed by atoms with Gasteiger partial charge < -0.3 is 0 Å².